The number of rotatable bonds is 5. The van der Waals surface area contributed by atoms with Crippen LogP contribution in [-0.2, 0) is 27.1 Å². The van der Waals surface area contributed by atoms with Gasteiger partial charge in [-0.1, -0.05) is 18.2 Å². The van der Waals surface area contributed by atoms with E-state index in [-0.39, 0.29) is 49.3 Å². The molecule has 3 rings (SSSR count). The first kappa shape index (κ1) is 19.2. The van der Waals surface area contributed by atoms with Gasteiger partial charge in [-0.15, -0.1) is 0 Å². The quantitative estimate of drug-likeness (QED) is 0.839. The van der Waals surface area contributed by atoms with Crippen molar-refractivity contribution in [2.45, 2.75) is 38.0 Å². The Bertz CT molecular complexity index is 751. The number of benzene rings is 1. The molecule has 6 nitrogen and oxygen atoms in total. The third-order valence-electron chi connectivity index (χ3n) is 4.77. The van der Waals surface area contributed by atoms with Crippen molar-refractivity contribution in [3.05, 3.63) is 35.4 Å². The van der Waals surface area contributed by atoms with Crippen LogP contribution >= 0.6 is 0 Å². The molecule has 0 aromatic heterocycles. The van der Waals surface area contributed by atoms with Gasteiger partial charge in [-0.3, -0.25) is 14.4 Å². The molecule has 0 radical (unpaired) electrons. The van der Waals surface area contributed by atoms with E-state index in [2.05, 4.69) is 5.32 Å². The van der Waals surface area contributed by atoms with Crippen LogP contribution in [0.2, 0.25) is 0 Å². The second-order valence-electron chi connectivity index (χ2n) is 6.82. The third kappa shape index (κ3) is 4.58. The van der Waals surface area contributed by atoms with Crippen molar-refractivity contribution < 1.29 is 27.6 Å². The molecule has 2 aliphatic heterocycles. The van der Waals surface area contributed by atoms with Crippen LogP contribution in [0.4, 0.5) is 13.2 Å². The molecule has 3 amide bonds. The number of alkyl halides is 3. The minimum atomic E-state index is -4.49. The van der Waals surface area contributed by atoms with Gasteiger partial charge in [0.15, 0.2) is 0 Å². The Morgan fingerprint density at radius 1 is 1.15 bits per heavy atom. The molecule has 2 aliphatic rings. The molecule has 2 fully saturated rings. The molecule has 1 atom stereocenters. The smallest absolute Gasteiger partial charge is 0.350 e. The molecule has 2 heterocycles. The van der Waals surface area contributed by atoms with Gasteiger partial charge in [-0.25, -0.2) is 0 Å². The molecule has 146 valence electrons. The summed E-state index contributed by atoms with van der Waals surface area (Å²) in [5, 5.41) is 2.70. The van der Waals surface area contributed by atoms with Gasteiger partial charge in [0, 0.05) is 32.5 Å². The van der Waals surface area contributed by atoms with Crippen LogP contribution in [0.15, 0.2) is 24.3 Å². The fraction of sp³-hybridized carbons (Fsp3) is 0.500. The summed E-state index contributed by atoms with van der Waals surface area (Å²) in [5.41, 5.74) is -0.745. The highest BCUT2D eigenvalue weighted by atomic mass is 19.4. The van der Waals surface area contributed by atoms with Crippen LogP contribution in [0, 0.1) is 0 Å². The molecule has 1 aromatic rings. The summed E-state index contributed by atoms with van der Waals surface area (Å²) in [4.78, 5) is 38.6. The zero-order valence-corrected chi connectivity index (χ0v) is 14.6. The molecule has 27 heavy (non-hydrogen) atoms. The van der Waals surface area contributed by atoms with Gasteiger partial charge in [0.2, 0.25) is 17.7 Å². The standard InChI is InChI=1S/C18H20F3N3O3/c19-18(20,21)14-5-2-1-4-12(14)9-24-10-13(8-17(24)27)22-15(25)11-23-7-3-6-16(23)26/h1-2,4-5,13H,3,6-11H2,(H,22,25). The number of carbonyl (C=O) groups is 3. The number of hydrogen-bond acceptors (Lipinski definition) is 3. The average Bonchev–Trinajstić information content (AvgIpc) is 3.13. The van der Waals surface area contributed by atoms with Gasteiger partial charge in [-0.2, -0.15) is 13.2 Å². The van der Waals surface area contributed by atoms with Crippen molar-refractivity contribution in [1.82, 2.24) is 15.1 Å². The van der Waals surface area contributed by atoms with Gasteiger partial charge in [0.05, 0.1) is 18.2 Å². The predicted molar refractivity (Wildman–Crippen MR) is 89.2 cm³/mol. The summed E-state index contributed by atoms with van der Waals surface area (Å²) in [7, 11) is 0. The maximum Gasteiger partial charge on any atom is 0.416 e. The molecule has 1 unspecified atom stereocenters. The number of likely N-dealkylation sites (tertiary alicyclic amines) is 2. The summed E-state index contributed by atoms with van der Waals surface area (Å²) in [5.74, 6) is -0.742. The minimum absolute atomic E-state index is 0.0213. The van der Waals surface area contributed by atoms with Gasteiger partial charge in [0.1, 0.15) is 0 Å². The average molecular weight is 383 g/mol. The molecular weight excluding hydrogens is 363 g/mol. The highest BCUT2D eigenvalue weighted by Crippen LogP contribution is 2.32. The largest absolute Gasteiger partial charge is 0.416 e. The Morgan fingerprint density at radius 2 is 1.89 bits per heavy atom. The first-order valence-corrected chi connectivity index (χ1v) is 8.74. The molecule has 9 heteroatoms. The maximum atomic E-state index is 13.1. The van der Waals surface area contributed by atoms with Gasteiger partial charge in [-0.05, 0) is 18.1 Å². The number of hydrogen-bond donors (Lipinski definition) is 1. The van der Waals surface area contributed by atoms with Crippen LogP contribution in [0.5, 0.6) is 0 Å². The summed E-state index contributed by atoms with van der Waals surface area (Å²) < 4.78 is 39.3. The monoisotopic (exact) mass is 383 g/mol. The fourth-order valence-electron chi connectivity index (χ4n) is 3.48. The van der Waals surface area contributed by atoms with Gasteiger partial charge >= 0.3 is 6.18 Å². The Morgan fingerprint density at radius 3 is 2.56 bits per heavy atom. The lowest BCUT2D eigenvalue weighted by Gasteiger charge is -2.21. The second-order valence-corrected chi connectivity index (χ2v) is 6.82. The highest BCUT2D eigenvalue weighted by molar-refractivity contribution is 5.87. The van der Waals surface area contributed by atoms with Crippen molar-refractivity contribution >= 4 is 17.7 Å². The highest BCUT2D eigenvalue weighted by Gasteiger charge is 2.36. The van der Waals surface area contributed by atoms with E-state index in [0.29, 0.717) is 13.0 Å². The molecule has 0 bridgehead atoms. The Balaban J connectivity index is 1.58. The second kappa shape index (κ2) is 7.58. The summed E-state index contributed by atoms with van der Waals surface area (Å²) in [6, 6.07) is 4.67. The molecule has 1 N–H and O–H groups in total. The molecular formula is C18H20F3N3O3. The molecule has 0 saturated carbocycles. The zero-order valence-electron chi connectivity index (χ0n) is 14.6. The summed E-state index contributed by atoms with van der Waals surface area (Å²) in [6.45, 7) is 0.465. The van der Waals surface area contributed by atoms with Crippen LogP contribution in [0.1, 0.15) is 30.4 Å². The van der Waals surface area contributed by atoms with E-state index in [4.69, 9.17) is 0 Å². The van der Waals surface area contributed by atoms with E-state index in [1.807, 2.05) is 0 Å². The van der Waals surface area contributed by atoms with Crippen molar-refractivity contribution in [3.63, 3.8) is 0 Å². The maximum absolute atomic E-state index is 13.1. The van der Waals surface area contributed by atoms with Crippen molar-refractivity contribution in [2.75, 3.05) is 19.6 Å². The van der Waals surface area contributed by atoms with E-state index in [9.17, 15) is 27.6 Å². The zero-order chi connectivity index (χ0) is 19.6. The normalized spacial score (nSPS) is 20.5. The summed E-state index contributed by atoms with van der Waals surface area (Å²) >= 11 is 0. The Labute approximate surface area is 154 Å². The van der Waals surface area contributed by atoms with E-state index in [1.165, 1.54) is 28.0 Å². The lowest BCUT2D eigenvalue weighted by Crippen LogP contribution is -2.43. The van der Waals surface area contributed by atoms with Crippen LogP contribution < -0.4 is 5.32 Å². The van der Waals surface area contributed by atoms with Crippen molar-refractivity contribution in [1.29, 1.82) is 0 Å². The molecule has 2 saturated heterocycles. The van der Waals surface area contributed by atoms with Crippen LogP contribution in [-0.4, -0.2) is 53.2 Å². The molecule has 1 aromatic carbocycles. The predicted octanol–water partition coefficient (Wildman–Crippen LogP) is 1.54. The van der Waals surface area contributed by atoms with Crippen molar-refractivity contribution in [2.24, 2.45) is 0 Å². The fourth-order valence-corrected chi connectivity index (χ4v) is 3.48. The lowest BCUT2D eigenvalue weighted by molar-refractivity contribution is -0.139. The van der Waals surface area contributed by atoms with E-state index in [0.717, 1.165) is 12.5 Å². The lowest BCUT2D eigenvalue weighted by atomic mass is 10.1. The number of nitrogens with one attached hydrogen (secondary N) is 1. The van der Waals surface area contributed by atoms with Crippen LogP contribution in [0.25, 0.3) is 0 Å². The van der Waals surface area contributed by atoms with Crippen LogP contribution in [0.3, 0.4) is 0 Å². The topological polar surface area (TPSA) is 69.7 Å². The van der Waals surface area contributed by atoms with Gasteiger partial charge in [0.25, 0.3) is 0 Å². The Hall–Kier alpha value is -2.58. The van der Waals surface area contributed by atoms with E-state index >= 15 is 0 Å². The number of amides is 3. The SMILES string of the molecule is O=C(CN1CCCC1=O)NC1CC(=O)N(Cc2ccccc2C(F)(F)F)C1. The number of nitrogens with zero attached hydrogens (tertiary/aromatic N) is 2. The first-order chi connectivity index (χ1) is 12.7. The number of carbonyl (C=O) groups excluding carboxylic acids is 3. The Kier molecular flexibility index (Phi) is 5.38. The first-order valence-electron chi connectivity index (χ1n) is 8.74. The minimum Gasteiger partial charge on any atom is -0.350 e. The molecule has 0 aliphatic carbocycles. The van der Waals surface area contributed by atoms with E-state index < -0.39 is 17.8 Å². The van der Waals surface area contributed by atoms with E-state index in [1.54, 1.807) is 0 Å². The van der Waals surface area contributed by atoms with Crippen molar-refractivity contribution in [3.8, 4) is 0 Å². The number of halogens is 3. The third-order valence-corrected chi connectivity index (χ3v) is 4.77. The summed E-state index contributed by atoms with van der Waals surface area (Å²) in [6.07, 6.45) is -3.30. The molecule has 0 spiro atoms. The van der Waals surface area contributed by atoms with Gasteiger partial charge < -0.3 is 15.1 Å².